The first-order chi connectivity index (χ1) is 12.6. The van der Waals surface area contributed by atoms with E-state index in [1.165, 1.54) is 12.1 Å². The maximum atomic E-state index is 10.7. The van der Waals surface area contributed by atoms with Crippen molar-refractivity contribution in [3.63, 3.8) is 0 Å². The molecule has 0 spiro atoms. The Morgan fingerprint density at radius 3 is 2.65 bits per heavy atom. The van der Waals surface area contributed by atoms with Crippen LogP contribution in [0.1, 0.15) is 31.5 Å². The fourth-order valence-electron chi connectivity index (χ4n) is 2.24. The number of hydrogen-bond donors (Lipinski definition) is 2. The Labute approximate surface area is 153 Å². The van der Waals surface area contributed by atoms with Crippen LogP contribution >= 0.6 is 0 Å². The summed E-state index contributed by atoms with van der Waals surface area (Å²) in [4.78, 5) is 19.2. The first-order valence-electron chi connectivity index (χ1n) is 8.76. The second kappa shape index (κ2) is 10.1. The summed E-state index contributed by atoms with van der Waals surface area (Å²) in [6, 6.07) is 12.6. The number of hydrogen-bond acceptors (Lipinski definition) is 4. The molecule has 0 aliphatic heterocycles. The first kappa shape index (κ1) is 19.4. The molecule has 2 aromatic rings. The van der Waals surface area contributed by atoms with E-state index < -0.39 is 4.92 Å². The largest absolute Gasteiger partial charge is 0.356 e. The highest BCUT2D eigenvalue weighted by Crippen LogP contribution is 2.12. The van der Waals surface area contributed by atoms with Gasteiger partial charge < -0.3 is 10.6 Å². The molecule has 0 bridgehead atoms. The average Bonchev–Trinajstić information content (AvgIpc) is 2.67. The van der Waals surface area contributed by atoms with Crippen molar-refractivity contribution >= 4 is 11.6 Å². The van der Waals surface area contributed by atoms with E-state index in [4.69, 9.17) is 0 Å². The Kier molecular flexibility index (Phi) is 7.54. The standard InChI is InChI=1S/C19H25N5O2/c1-3-15(2)23-19(21-13-11-17-6-4-5-12-20-17)22-14-16-7-9-18(10-8-16)24(25)26/h4-10,12,15H,3,11,13-14H2,1-2H3,(H2,21,22,23). The quantitative estimate of drug-likeness (QED) is 0.329. The van der Waals surface area contributed by atoms with Gasteiger partial charge in [0.25, 0.3) is 5.69 Å². The normalized spacial score (nSPS) is 12.5. The van der Waals surface area contributed by atoms with Gasteiger partial charge in [0.1, 0.15) is 0 Å². The van der Waals surface area contributed by atoms with Crippen LogP contribution in [0, 0.1) is 10.1 Å². The number of non-ortho nitro benzene ring substituents is 1. The fourth-order valence-corrected chi connectivity index (χ4v) is 2.24. The fraction of sp³-hybridized carbons (Fsp3) is 0.368. The number of nitrogens with zero attached hydrogens (tertiary/aromatic N) is 3. The minimum Gasteiger partial charge on any atom is -0.356 e. The second-order valence-corrected chi connectivity index (χ2v) is 6.04. The van der Waals surface area contributed by atoms with Gasteiger partial charge in [0.05, 0.1) is 11.5 Å². The van der Waals surface area contributed by atoms with Crippen LogP contribution in [-0.4, -0.2) is 28.5 Å². The lowest BCUT2D eigenvalue weighted by Crippen LogP contribution is -2.42. The van der Waals surface area contributed by atoms with Crippen LogP contribution in [0.3, 0.4) is 0 Å². The lowest BCUT2D eigenvalue weighted by molar-refractivity contribution is -0.384. The Bertz CT molecular complexity index is 716. The van der Waals surface area contributed by atoms with Gasteiger partial charge in [-0.1, -0.05) is 25.1 Å². The topological polar surface area (TPSA) is 92.5 Å². The van der Waals surface area contributed by atoms with E-state index >= 15 is 0 Å². The van der Waals surface area contributed by atoms with Gasteiger partial charge in [-0.3, -0.25) is 15.1 Å². The lowest BCUT2D eigenvalue weighted by atomic mass is 10.2. The maximum Gasteiger partial charge on any atom is 0.269 e. The molecule has 1 heterocycles. The zero-order chi connectivity index (χ0) is 18.8. The Morgan fingerprint density at radius 1 is 1.27 bits per heavy atom. The van der Waals surface area contributed by atoms with Crippen molar-refractivity contribution < 1.29 is 4.92 Å². The van der Waals surface area contributed by atoms with E-state index in [9.17, 15) is 10.1 Å². The maximum absolute atomic E-state index is 10.7. The minimum absolute atomic E-state index is 0.0872. The summed E-state index contributed by atoms with van der Waals surface area (Å²) in [5, 5.41) is 17.4. The Balaban J connectivity index is 1.95. The Hall–Kier alpha value is -2.96. The number of aliphatic imine (C=N–C) groups is 1. The molecule has 7 nitrogen and oxygen atoms in total. The predicted octanol–water partition coefficient (Wildman–Crippen LogP) is 3.07. The Morgan fingerprint density at radius 2 is 2.04 bits per heavy atom. The molecule has 0 amide bonds. The molecule has 0 aliphatic carbocycles. The van der Waals surface area contributed by atoms with Gasteiger partial charge in [-0.05, 0) is 31.0 Å². The molecule has 7 heteroatoms. The molecular formula is C19H25N5O2. The van der Waals surface area contributed by atoms with E-state index in [2.05, 4.69) is 34.5 Å². The highest BCUT2D eigenvalue weighted by Gasteiger charge is 2.06. The van der Waals surface area contributed by atoms with Crippen molar-refractivity contribution in [3.8, 4) is 0 Å². The van der Waals surface area contributed by atoms with Crippen molar-refractivity contribution in [2.45, 2.75) is 39.3 Å². The van der Waals surface area contributed by atoms with Gasteiger partial charge in [-0.2, -0.15) is 0 Å². The zero-order valence-electron chi connectivity index (χ0n) is 15.2. The van der Waals surface area contributed by atoms with E-state index in [-0.39, 0.29) is 5.69 Å². The van der Waals surface area contributed by atoms with Gasteiger partial charge in [-0.25, -0.2) is 4.99 Å². The van der Waals surface area contributed by atoms with Crippen molar-refractivity contribution in [3.05, 3.63) is 70.0 Å². The highest BCUT2D eigenvalue weighted by molar-refractivity contribution is 5.80. The van der Waals surface area contributed by atoms with Crippen molar-refractivity contribution in [1.82, 2.24) is 15.6 Å². The van der Waals surface area contributed by atoms with Crippen LogP contribution in [-0.2, 0) is 13.0 Å². The molecule has 1 unspecified atom stereocenters. The molecule has 138 valence electrons. The number of benzene rings is 1. The summed E-state index contributed by atoms with van der Waals surface area (Å²) in [6.07, 6.45) is 3.58. The number of rotatable bonds is 8. The smallest absolute Gasteiger partial charge is 0.269 e. The van der Waals surface area contributed by atoms with Crippen LogP contribution in [0.5, 0.6) is 0 Å². The van der Waals surface area contributed by atoms with E-state index in [0.717, 1.165) is 36.6 Å². The number of nitro groups is 1. The number of aromatic nitrogens is 1. The number of nitrogens with one attached hydrogen (secondary N) is 2. The second-order valence-electron chi connectivity index (χ2n) is 6.04. The third kappa shape index (κ3) is 6.51. The molecule has 0 radical (unpaired) electrons. The number of pyridine rings is 1. The van der Waals surface area contributed by atoms with Crippen LogP contribution in [0.4, 0.5) is 5.69 Å². The third-order valence-electron chi connectivity index (χ3n) is 3.96. The van der Waals surface area contributed by atoms with E-state index in [1.54, 1.807) is 18.3 Å². The summed E-state index contributed by atoms with van der Waals surface area (Å²) in [5.41, 5.74) is 2.04. The summed E-state index contributed by atoms with van der Waals surface area (Å²) in [5.74, 6) is 0.730. The summed E-state index contributed by atoms with van der Waals surface area (Å²) in [7, 11) is 0. The summed E-state index contributed by atoms with van der Waals surface area (Å²) in [6.45, 7) is 5.38. The number of guanidine groups is 1. The number of nitro benzene ring substituents is 1. The molecule has 2 N–H and O–H groups in total. The van der Waals surface area contributed by atoms with E-state index in [0.29, 0.717) is 12.6 Å². The van der Waals surface area contributed by atoms with Gasteiger partial charge in [0, 0.05) is 43.0 Å². The highest BCUT2D eigenvalue weighted by atomic mass is 16.6. The third-order valence-corrected chi connectivity index (χ3v) is 3.96. The van der Waals surface area contributed by atoms with Gasteiger partial charge in [-0.15, -0.1) is 0 Å². The average molecular weight is 355 g/mol. The molecule has 26 heavy (non-hydrogen) atoms. The van der Waals surface area contributed by atoms with Crippen molar-refractivity contribution in [1.29, 1.82) is 0 Å². The molecule has 1 aromatic carbocycles. The predicted molar refractivity (Wildman–Crippen MR) is 103 cm³/mol. The van der Waals surface area contributed by atoms with E-state index in [1.807, 2.05) is 18.2 Å². The summed E-state index contributed by atoms with van der Waals surface area (Å²) >= 11 is 0. The van der Waals surface area contributed by atoms with Gasteiger partial charge in [0.2, 0.25) is 0 Å². The molecular weight excluding hydrogens is 330 g/mol. The minimum atomic E-state index is -0.401. The van der Waals surface area contributed by atoms with Crippen LogP contribution in [0.15, 0.2) is 53.7 Å². The van der Waals surface area contributed by atoms with Gasteiger partial charge >= 0.3 is 0 Å². The first-order valence-corrected chi connectivity index (χ1v) is 8.76. The molecule has 0 saturated heterocycles. The monoisotopic (exact) mass is 355 g/mol. The van der Waals surface area contributed by atoms with Gasteiger partial charge in [0.15, 0.2) is 5.96 Å². The van der Waals surface area contributed by atoms with Crippen molar-refractivity contribution in [2.24, 2.45) is 4.99 Å². The van der Waals surface area contributed by atoms with Crippen LogP contribution in [0.2, 0.25) is 0 Å². The molecule has 0 fully saturated rings. The lowest BCUT2D eigenvalue weighted by Gasteiger charge is -2.17. The SMILES string of the molecule is CCC(C)NC(=NCc1ccc([N+](=O)[O-])cc1)NCCc1ccccn1. The van der Waals surface area contributed by atoms with Crippen LogP contribution in [0.25, 0.3) is 0 Å². The molecule has 1 atom stereocenters. The zero-order valence-corrected chi connectivity index (χ0v) is 15.2. The summed E-state index contributed by atoms with van der Waals surface area (Å²) < 4.78 is 0. The van der Waals surface area contributed by atoms with Crippen LogP contribution < -0.4 is 10.6 Å². The molecule has 0 saturated carbocycles. The molecule has 1 aromatic heterocycles. The molecule has 2 rings (SSSR count). The van der Waals surface area contributed by atoms with Crippen molar-refractivity contribution in [2.75, 3.05) is 6.54 Å². The molecule has 0 aliphatic rings.